The Morgan fingerprint density at radius 1 is 0.456 bits per heavy atom. The van der Waals surface area contributed by atoms with Crippen LogP contribution in [0.5, 0.6) is 40.4 Å². The number of piperidine rings is 3. The Hall–Kier alpha value is -11.0. The van der Waals surface area contributed by atoms with Gasteiger partial charge >= 0.3 is 0 Å². The number of fused-ring (bicyclic) bond motifs is 4. The molecule has 5 aromatic heterocycles. The van der Waals surface area contributed by atoms with E-state index in [1.807, 2.05) is 170 Å². The molecule has 23 heteroatoms. The minimum absolute atomic E-state index is 0.0840. The Kier molecular flexibility index (Phi) is 25.8. The Labute approximate surface area is 664 Å². The van der Waals surface area contributed by atoms with Crippen LogP contribution in [0.4, 0.5) is 17.6 Å². The van der Waals surface area contributed by atoms with Crippen LogP contribution in [0.15, 0.2) is 202 Å². The van der Waals surface area contributed by atoms with Gasteiger partial charge in [0.1, 0.15) is 84.4 Å². The van der Waals surface area contributed by atoms with Crippen molar-refractivity contribution >= 4 is 54.3 Å². The number of rotatable bonds is 23. The summed E-state index contributed by atoms with van der Waals surface area (Å²) in [5.74, 6) is 5.46. The third-order valence-corrected chi connectivity index (χ3v) is 22.4. The number of ether oxygens (including phenoxy) is 4. The molecule has 16 rings (SSSR count). The molecule has 3 fully saturated rings. The molecule has 0 amide bonds. The average Bonchev–Trinajstić information content (AvgIpc) is 0.848. The molecule has 3 aliphatic heterocycles. The number of halogens is 4. The van der Waals surface area contributed by atoms with E-state index in [1.165, 1.54) is 6.07 Å². The number of pyridine rings is 1. The predicted molar refractivity (Wildman–Crippen MR) is 445 cm³/mol. The SMILES string of the molecule is Cc1ccc(Oc2ccc3nc(-c4ccc(OCCF)cc4F)n(C[C@H]4CCCN(C(C)C)C4)c(=O)c3c2)cc1.Cc1ccc(Oc2ccc3nc(-c4ccccc4C)n(C[C@H]4CCCN(CCF)C4)c(=O)c3c2)nc1.Cc1ccccc1-c1nc2ccc(Oc3ccc4ncsc4c3)cc2c(=O)n1C[C@H]1CCCN(CCF)C1. The molecule has 18 nitrogen and oxygen atoms in total. The summed E-state index contributed by atoms with van der Waals surface area (Å²) in [7, 11) is 0. The molecule has 114 heavy (non-hydrogen) atoms. The minimum Gasteiger partial charge on any atom is -0.491 e. The Morgan fingerprint density at radius 2 is 0.912 bits per heavy atom. The molecule has 8 aromatic carbocycles. The van der Waals surface area contributed by atoms with Crippen molar-refractivity contribution in [3.8, 4) is 74.5 Å². The highest BCUT2D eigenvalue weighted by molar-refractivity contribution is 7.16. The van der Waals surface area contributed by atoms with E-state index in [2.05, 4.69) is 38.5 Å². The first-order chi connectivity index (χ1) is 55.4. The van der Waals surface area contributed by atoms with Crippen LogP contribution in [0.2, 0.25) is 0 Å². The van der Waals surface area contributed by atoms with Gasteiger partial charge in [-0.2, -0.15) is 0 Å². The summed E-state index contributed by atoms with van der Waals surface area (Å²) in [6.45, 7) is 18.5. The number of benzene rings is 8. The van der Waals surface area contributed by atoms with Gasteiger partial charge in [-0.15, -0.1) is 11.3 Å². The van der Waals surface area contributed by atoms with Gasteiger partial charge in [0.25, 0.3) is 16.7 Å². The van der Waals surface area contributed by atoms with E-state index in [9.17, 15) is 27.6 Å². The van der Waals surface area contributed by atoms with Gasteiger partial charge in [-0.3, -0.25) is 28.1 Å². The van der Waals surface area contributed by atoms with E-state index in [0.29, 0.717) is 118 Å². The number of thiazole rings is 1. The average molecular weight is 1560 g/mol. The summed E-state index contributed by atoms with van der Waals surface area (Å²) in [4.78, 5) is 72.1. The van der Waals surface area contributed by atoms with Crippen LogP contribution in [0.1, 0.15) is 74.6 Å². The smallest absolute Gasteiger partial charge is 0.261 e. The lowest BCUT2D eigenvalue weighted by molar-refractivity contribution is 0.130. The van der Waals surface area contributed by atoms with Crippen LogP contribution < -0.4 is 35.6 Å². The number of alkyl halides is 3. The molecule has 3 saturated heterocycles. The van der Waals surface area contributed by atoms with Gasteiger partial charge in [0.05, 0.1) is 54.0 Å². The second-order valence-corrected chi connectivity index (χ2v) is 31.2. The van der Waals surface area contributed by atoms with Crippen molar-refractivity contribution in [1.29, 1.82) is 0 Å². The number of likely N-dealkylation sites (tertiary alicyclic amines) is 3. The number of aromatic nitrogens is 8. The summed E-state index contributed by atoms with van der Waals surface area (Å²) < 4.78 is 83.6. The van der Waals surface area contributed by atoms with Crippen molar-refractivity contribution in [2.75, 3.05) is 79.0 Å². The van der Waals surface area contributed by atoms with Crippen LogP contribution in [-0.2, 0) is 19.6 Å². The number of hydrogen-bond donors (Lipinski definition) is 0. The van der Waals surface area contributed by atoms with E-state index in [4.69, 9.17) is 33.9 Å². The predicted octanol–water partition coefficient (Wildman–Crippen LogP) is 18.8. The molecule has 0 N–H and O–H groups in total. The van der Waals surface area contributed by atoms with Gasteiger partial charge in [-0.1, -0.05) is 72.3 Å². The Bertz CT molecular complexity index is 5720. The summed E-state index contributed by atoms with van der Waals surface area (Å²) in [5, 5.41) is 1.44. The number of nitrogens with zero attached hydrogens (tertiary/aromatic N) is 11. The fourth-order valence-corrected chi connectivity index (χ4v) is 16.3. The molecule has 0 unspecified atom stereocenters. The molecule has 0 saturated carbocycles. The number of hydrogen-bond acceptors (Lipinski definition) is 16. The van der Waals surface area contributed by atoms with Gasteiger partial charge < -0.3 is 33.6 Å². The van der Waals surface area contributed by atoms with E-state index < -0.39 is 12.5 Å². The maximum atomic E-state index is 15.4. The zero-order valence-corrected chi connectivity index (χ0v) is 66.1. The maximum Gasteiger partial charge on any atom is 0.261 e. The minimum atomic E-state index is -0.667. The number of aryl methyl sites for hydroxylation is 4. The van der Waals surface area contributed by atoms with Crippen LogP contribution in [-0.4, -0.2) is 138 Å². The van der Waals surface area contributed by atoms with Crippen molar-refractivity contribution in [1.82, 2.24) is 53.3 Å². The van der Waals surface area contributed by atoms with Crippen molar-refractivity contribution in [3.05, 3.63) is 247 Å². The maximum absolute atomic E-state index is 15.4. The van der Waals surface area contributed by atoms with Crippen LogP contribution >= 0.6 is 11.3 Å². The summed E-state index contributed by atoms with van der Waals surface area (Å²) in [5.41, 5.74) is 10.4. The lowest BCUT2D eigenvalue weighted by Gasteiger charge is -2.35. The molecule has 0 bridgehead atoms. The van der Waals surface area contributed by atoms with Crippen molar-refractivity contribution in [2.45, 2.75) is 106 Å². The summed E-state index contributed by atoms with van der Waals surface area (Å²) in [6, 6.07) is 54.1. The topological polar surface area (TPSA) is 177 Å². The molecule has 13 aromatic rings. The molecule has 0 radical (unpaired) electrons. The van der Waals surface area contributed by atoms with Crippen LogP contribution in [0.25, 0.3) is 77.1 Å². The second-order valence-electron chi connectivity index (χ2n) is 30.3. The lowest BCUT2D eigenvalue weighted by Crippen LogP contribution is -2.42. The highest BCUT2D eigenvalue weighted by Gasteiger charge is 2.29. The van der Waals surface area contributed by atoms with Crippen molar-refractivity contribution in [2.24, 2.45) is 17.8 Å². The van der Waals surface area contributed by atoms with Crippen LogP contribution in [0, 0.1) is 51.3 Å². The highest BCUT2D eigenvalue weighted by Crippen LogP contribution is 2.35. The lowest BCUT2D eigenvalue weighted by atomic mass is 9.96. The zero-order valence-electron chi connectivity index (χ0n) is 65.3. The summed E-state index contributed by atoms with van der Waals surface area (Å²) >= 11 is 1.56. The molecule has 0 spiro atoms. The van der Waals surface area contributed by atoms with Crippen molar-refractivity contribution < 1.29 is 36.5 Å². The van der Waals surface area contributed by atoms with E-state index in [-0.39, 0.29) is 71.5 Å². The second kappa shape index (κ2) is 36.9. The molecular formula is C91H95F4N11O7S. The molecule has 0 aliphatic carbocycles. The van der Waals surface area contributed by atoms with Gasteiger partial charge in [0, 0.05) is 93.9 Å². The van der Waals surface area contributed by atoms with Gasteiger partial charge in [-0.05, 0) is 225 Å². The largest absolute Gasteiger partial charge is 0.491 e. The molecule has 3 atom stereocenters. The standard InChI is InChI=1S/C32H35F2N3O3.C30H29FN4O2S.C29H31FN4O2/c1-21(2)36-15-4-5-23(19-36)20-37-31(27-12-10-25(18-29(27)34)39-16-14-33)35-30-13-11-26(17-28(30)32(37)38)40-24-8-6-22(3)7-9-24;1-20-5-2-3-7-24(20)29-33-26-10-8-22(37-23-9-11-27-28(16-23)38-19-32-27)15-25(26)30(36)35(29)18-21-6-4-13-34(17-21)14-12-31;1-20-9-12-27(31-17-20)36-23-10-11-26-25(16-23)29(35)34(19-22-7-5-14-33(18-22)15-13-30)28(32-26)24-8-4-3-6-21(24)2/h6-13,17-18,21,23H,4-5,14-16,19-20H2,1-3H3;2-3,5,7-11,15-16,19,21H,4,6,12-14,17-18H2,1H3;3-4,6,8-12,16-17,22H,5,7,13-15,18-19H2,1-2H3/t23-;21-;22-/m000/s1. The fourth-order valence-electron chi connectivity index (χ4n) is 15.6. The van der Waals surface area contributed by atoms with Gasteiger partial charge in [0.15, 0.2) is 0 Å². The third kappa shape index (κ3) is 19.1. The van der Waals surface area contributed by atoms with Crippen molar-refractivity contribution in [3.63, 3.8) is 0 Å². The fraction of sp³-hybridized carbons (Fsp3) is 0.341. The first-order valence-electron chi connectivity index (χ1n) is 39.3. The first-order valence-corrected chi connectivity index (χ1v) is 40.2. The monoisotopic (exact) mass is 1560 g/mol. The van der Waals surface area contributed by atoms with Gasteiger partial charge in [0.2, 0.25) is 5.88 Å². The highest BCUT2D eigenvalue weighted by atomic mass is 32.1. The zero-order chi connectivity index (χ0) is 79.4. The molecule has 590 valence electrons. The Balaban J connectivity index is 0.000000142. The van der Waals surface area contributed by atoms with E-state index in [1.54, 1.807) is 64.6 Å². The van der Waals surface area contributed by atoms with Crippen LogP contribution in [0.3, 0.4) is 0 Å². The molecule has 3 aliphatic rings. The molecule has 8 heterocycles. The van der Waals surface area contributed by atoms with E-state index >= 15 is 4.39 Å². The third-order valence-electron chi connectivity index (χ3n) is 21.6. The molecular weight excluding hydrogens is 1470 g/mol. The quantitative estimate of drug-likeness (QED) is 0.0552. The van der Waals surface area contributed by atoms with Gasteiger partial charge in [-0.25, -0.2) is 42.5 Å². The summed E-state index contributed by atoms with van der Waals surface area (Å²) in [6.07, 6.45) is 7.77. The van der Waals surface area contributed by atoms with E-state index in [0.717, 1.165) is 121 Å². The Morgan fingerprint density at radius 3 is 1.40 bits per heavy atom. The normalized spacial score (nSPS) is 16.2. The first kappa shape index (κ1) is 79.7.